The minimum atomic E-state index is -0.596. The standard InChI is InChI=1S/C14H17ClN8/c1-4-9(12-20-22-23-21-12)8-18-13(16)19-14(2,3)11-10(15)6-5-7-17-11/h4-8,12H,1H2,2-3H3,(H3,16,18,19)/b9-8+. The first-order valence-electron chi connectivity index (χ1n) is 6.79. The number of rotatable bonds is 5. The Morgan fingerprint density at radius 1 is 1.43 bits per heavy atom. The third kappa shape index (κ3) is 4.19. The molecule has 1 aromatic heterocycles. The van der Waals surface area contributed by atoms with Gasteiger partial charge in [0.2, 0.25) is 6.17 Å². The highest BCUT2D eigenvalue weighted by atomic mass is 35.5. The van der Waals surface area contributed by atoms with Crippen LogP contribution in [0, 0.1) is 0 Å². The molecule has 2 heterocycles. The molecular weight excluding hydrogens is 316 g/mol. The molecule has 0 amide bonds. The quantitative estimate of drug-likeness (QED) is 0.490. The average Bonchev–Trinajstić information content (AvgIpc) is 3.02. The summed E-state index contributed by atoms with van der Waals surface area (Å²) in [7, 11) is 0. The van der Waals surface area contributed by atoms with Crippen LogP contribution >= 0.6 is 11.6 Å². The lowest BCUT2D eigenvalue weighted by atomic mass is 10.00. The molecule has 0 spiro atoms. The number of nitrogens with one attached hydrogen (secondary N) is 1. The zero-order valence-corrected chi connectivity index (χ0v) is 13.6. The van der Waals surface area contributed by atoms with Gasteiger partial charge in [0.15, 0.2) is 5.96 Å². The summed E-state index contributed by atoms with van der Waals surface area (Å²) in [4.78, 5) is 8.44. The van der Waals surface area contributed by atoms with Crippen molar-refractivity contribution in [3.63, 3.8) is 0 Å². The number of nitrogens with zero attached hydrogens (tertiary/aromatic N) is 6. The van der Waals surface area contributed by atoms with Crippen LogP contribution < -0.4 is 11.1 Å². The Bertz CT molecular complexity index is 692. The van der Waals surface area contributed by atoms with E-state index in [1.165, 1.54) is 6.20 Å². The zero-order chi connectivity index (χ0) is 16.9. The van der Waals surface area contributed by atoms with Crippen molar-refractivity contribution in [3.05, 3.63) is 53.5 Å². The molecule has 1 aromatic rings. The molecule has 0 unspecified atom stereocenters. The smallest absolute Gasteiger partial charge is 0.211 e. The van der Waals surface area contributed by atoms with Crippen LogP contribution in [0.2, 0.25) is 5.02 Å². The number of aromatic nitrogens is 1. The van der Waals surface area contributed by atoms with E-state index < -0.39 is 11.7 Å². The molecular formula is C14H17ClN8. The maximum atomic E-state index is 6.17. The molecule has 8 nitrogen and oxygen atoms in total. The van der Waals surface area contributed by atoms with Crippen LogP contribution in [0.15, 0.2) is 68.4 Å². The lowest BCUT2D eigenvalue weighted by molar-refractivity contribution is 0.469. The fraction of sp³-hybridized carbons (Fsp3) is 0.286. The van der Waals surface area contributed by atoms with Gasteiger partial charge in [-0.05, 0) is 36.4 Å². The van der Waals surface area contributed by atoms with Crippen LogP contribution in [0.1, 0.15) is 19.5 Å². The highest BCUT2D eigenvalue weighted by Gasteiger charge is 2.25. The monoisotopic (exact) mass is 332 g/mol. The van der Waals surface area contributed by atoms with E-state index in [4.69, 9.17) is 17.3 Å². The van der Waals surface area contributed by atoms with Gasteiger partial charge >= 0.3 is 0 Å². The van der Waals surface area contributed by atoms with E-state index >= 15 is 0 Å². The Hall–Kier alpha value is -2.61. The minimum absolute atomic E-state index is 0.197. The number of halogens is 1. The molecule has 3 N–H and O–H groups in total. The van der Waals surface area contributed by atoms with Gasteiger partial charge in [-0.3, -0.25) is 4.98 Å². The van der Waals surface area contributed by atoms with Crippen LogP contribution in [0.4, 0.5) is 0 Å². The van der Waals surface area contributed by atoms with E-state index in [9.17, 15) is 0 Å². The molecule has 0 saturated carbocycles. The van der Waals surface area contributed by atoms with E-state index in [0.717, 1.165) is 0 Å². The van der Waals surface area contributed by atoms with Crippen LogP contribution in [0.25, 0.3) is 0 Å². The molecule has 0 saturated heterocycles. The van der Waals surface area contributed by atoms with E-state index in [2.05, 4.69) is 42.5 Å². The van der Waals surface area contributed by atoms with Gasteiger partial charge in [0.1, 0.15) is 0 Å². The normalized spacial score (nSPS) is 16.0. The summed E-state index contributed by atoms with van der Waals surface area (Å²) in [5.41, 5.74) is 6.64. The summed E-state index contributed by atoms with van der Waals surface area (Å²) in [5.74, 6) is 0.197. The first-order valence-corrected chi connectivity index (χ1v) is 7.17. The maximum Gasteiger partial charge on any atom is 0.211 e. The second-order valence-electron chi connectivity index (χ2n) is 5.21. The molecule has 0 fully saturated rings. The summed E-state index contributed by atoms with van der Waals surface area (Å²) in [6, 6.07) is 3.54. The highest BCUT2D eigenvalue weighted by Crippen LogP contribution is 2.25. The number of nitrogens with two attached hydrogens (primary N) is 1. The second-order valence-corrected chi connectivity index (χ2v) is 5.62. The van der Waals surface area contributed by atoms with Crippen LogP contribution in [-0.4, -0.2) is 17.1 Å². The molecule has 9 heteroatoms. The molecule has 0 bridgehead atoms. The Kier molecular flexibility index (Phi) is 5.17. The number of aliphatic imine (C=N–C) groups is 1. The molecule has 0 radical (unpaired) electrons. The highest BCUT2D eigenvalue weighted by molar-refractivity contribution is 6.31. The summed E-state index contributed by atoms with van der Waals surface area (Å²) in [6.45, 7) is 7.50. The predicted molar refractivity (Wildman–Crippen MR) is 88.8 cm³/mol. The summed E-state index contributed by atoms with van der Waals surface area (Å²) < 4.78 is 0. The molecule has 1 aliphatic heterocycles. The first-order chi connectivity index (χ1) is 10.9. The van der Waals surface area contributed by atoms with Gasteiger partial charge in [0, 0.05) is 18.0 Å². The van der Waals surface area contributed by atoms with Crippen LogP contribution in [-0.2, 0) is 5.54 Å². The lowest BCUT2D eigenvalue weighted by Crippen LogP contribution is -2.45. The zero-order valence-electron chi connectivity index (χ0n) is 12.8. The predicted octanol–water partition coefficient (Wildman–Crippen LogP) is 3.10. The topological polar surface area (TPSA) is 113 Å². The molecule has 0 aliphatic carbocycles. The van der Waals surface area contributed by atoms with Gasteiger partial charge in [-0.1, -0.05) is 24.3 Å². The molecule has 1 aliphatic rings. The third-order valence-corrected chi connectivity index (χ3v) is 3.34. The van der Waals surface area contributed by atoms with Crippen molar-refractivity contribution in [3.8, 4) is 0 Å². The van der Waals surface area contributed by atoms with Crippen molar-refractivity contribution in [2.45, 2.75) is 25.6 Å². The van der Waals surface area contributed by atoms with Gasteiger partial charge in [-0.25, -0.2) is 4.99 Å². The first kappa shape index (κ1) is 16.8. The Morgan fingerprint density at radius 2 is 2.13 bits per heavy atom. The van der Waals surface area contributed by atoms with Gasteiger partial charge in [-0.2, -0.15) is 0 Å². The molecule has 2 rings (SSSR count). The number of hydrogen-bond acceptors (Lipinski definition) is 6. The van der Waals surface area contributed by atoms with Crippen LogP contribution in [0.3, 0.4) is 0 Å². The van der Waals surface area contributed by atoms with Gasteiger partial charge in [-0.15, -0.1) is 10.2 Å². The lowest BCUT2D eigenvalue weighted by Gasteiger charge is -2.26. The van der Waals surface area contributed by atoms with Crippen molar-refractivity contribution in [2.24, 2.45) is 31.4 Å². The summed E-state index contributed by atoms with van der Waals surface area (Å²) in [5, 5.41) is 18.1. The molecule has 0 atom stereocenters. The molecule has 120 valence electrons. The van der Waals surface area contributed by atoms with Crippen molar-refractivity contribution in [2.75, 3.05) is 0 Å². The van der Waals surface area contributed by atoms with Crippen LogP contribution in [0.5, 0.6) is 0 Å². The van der Waals surface area contributed by atoms with Gasteiger partial charge in [0.05, 0.1) is 16.3 Å². The largest absolute Gasteiger partial charge is 0.370 e. The maximum absolute atomic E-state index is 6.17. The van der Waals surface area contributed by atoms with E-state index in [1.54, 1.807) is 24.4 Å². The number of guanidine groups is 1. The average molecular weight is 333 g/mol. The number of hydrogen-bond donors (Lipinski definition) is 2. The Balaban J connectivity index is 2.15. The van der Waals surface area contributed by atoms with E-state index in [1.807, 2.05) is 13.8 Å². The SMILES string of the molecule is C=C/C(=C\N=C(/N)NC(C)(C)c1ncccc1Cl)C1N=NN=N1. The summed E-state index contributed by atoms with van der Waals surface area (Å²) in [6.07, 6.45) is 4.23. The molecule has 0 aromatic carbocycles. The van der Waals surface area contributed by atoms with Gasteiger partial charge in [0.25, 0.3) is 0 Å². The minimum Gasteiger partial charge on any atom is -0.370 e. The number of pyridine rings is 1. The van der Waals surface area contributed by atoms with E-state index in [0.29, 0.717) is 16.3 Å². The second kappa shape index (κ2) is 7.10. The van der Waals surface area contributed by atoms with Crippen molar-refractivity contribution in [1.82, 2.24) is 10.3 Å². The van der Waals surface area contributed by atoms with Crippen molar-refractivity contribution >= 4 is 17.6 Å². The van der Waals surface area contributed by atoms with Crippen molar-refractivity contribution < 1.29 is 0 Å². The van der Waals surface area contributed by atoms with Crippen molar-refractivity contribution in [1.29, 1.82) is 0 Å². The van der Waals surface area contributed by atoms with Gasteiger partial charge < -0.3 is 11.1 Å². The molecule has 23 heavy (non-hydrogen) atoms. The fourth-order valence-corrected chi connectivity index (χ4v) is 2.28. The third-order valence-electron chi connectivity index (χ3n) is 3.04. The fourth-order valence-electron chi connectivity index (χ4n) is 1.93. The summed E-state index contributed by atoms with van der Waals surface area (Å²) >= 11 is 6.17. The Labute approximate surface area is 139 Å². The van der Waals surface area contributed by atoms with E-state index in [-0.39, 0.29) is 5.96 Å². The Morgan fingerprint density at radius 3 is 2.74 bits per heavy atom.